The Bertz CT molecular complexity index is 570. The lowest BCUT2D eigenvalue weighted by atomic mass is 10.0. The highest BCUT2D eigenvalue weighted by molar-refractivity contribution is 7.71. The number of benzene rings is 1. The van der Waals surface area contributed by atoms with Crippen LogP contribution in [0.3, 0.4) is 0 Å². The summed E-state index contributed by atoms with van der Waals surface area (Å²) in [5.41, 5.74) is 2.49. The zero-order valence-corrected chi connectivity index (χ0v) is 8.89. The Hall–Kier alpha value is -1.62. The number of hydrogen-bond acceptors (Lipinski definition) is 2. The molecule has 0 saturated heterocycles. The number of H-pyrrole nitrogens is 2. The van der Waals surface area contributed by atoms with Crippen molar-refractivity contribution in [3.8, 4) is 0 Å². The van der Waals surface area contributed by atoms with Crippen molar-refractivity contribution in [2.24, 2.45) is 0 Å². The summed E-state index contributed by atoms with van der Waals surface area (Å²) in [7, 11) is 0. The number of aromatic nitrogens is 2. The van der Waals surface area contributed by atoms with Gasteiger partial charge in [0, 0.05) is 0 Å². The number of fused-ring (bicyclic) bond motifs is 1. The van der Waals surface area contributed by atoms with Gasteiger partial charge in [-0.25, -0.2) is 0 Å². The summed E-state index contributed by atoms with van der Waals surface area (Å²) in [6, 6.07) is 5.43. The van der Waals surface area contributed by atoms with Crippen molar-refractivity contribution in [1.29, 1.82) is 0 Å². The maximum absolute atomic E-state index is 10.8. The van der Waals surface area contributed by atoms with E-state index in [4.69, 9.17) is 17.3 Å². The van der Waals surface area contributed by atoms with Crippen LogP contribution in [0.25, 0.3) is 11.0 Å². The molecule has 2 aromatic rings. The summed E-state index contributed by atoms with van der Waals surface area (Å²) < 4.78 is 0.546. The first kappa shape index (κ1) is 9.92. The smallest absolute Gasteiger partial charge is 0.310 e. The third-order valence-corrected chi connectivity index (χ3v) is 2.61. The Balaban J connectivity index is 2.55. The molecule has 0 aliphatic rings. The van der Waals surface area contributed by atoms with E-state index in [9.17, 15) is 4.79 Å². The standard InChI is InChI=1S/C10H10N2O2S/c1-5(9(13)14)6-2-3-7-8(4-6)12-10(15)11-7/h2-5H,1H3,(H,13,14)(H2,11,12,15). The van der Waals surface area contributed by atoms with Gasteiger partial charge < -0.3 is 15.1 Å². The molecule has 1 atom stereocenters. The lowest BCUT2D eigenvalue weighted by Crippen LogP contribution is -2.06. The van der Waals surface area contributed by atoms with E-state index in [1.54, 1.807) is 19.1 Å². The number of aliphatic carboxylic acids is 1. The summed E-state index contributed by atoms with van der Waals surface area (Å²) in [4.78, 5) is 16.7. The summed E-state index contributed by atoms with van der Waals surface area (Å²) in [5, 5.41) is 8.87. The lowest BCUT2D eigenvalue weighted by Gasteiger charge is -2.05. The van der Waals surface area contributed by atoms with E-state index in [0.29, 0.717) is 4.77 Å². The van der Waals surface area contributed by atoms with Gasteiger partial charge in [-0.15, -0.1) is 0 Å². The molecule has 1 unspecified atom stereocenters. The molecular weight excluding hydrogens is 212 g/mol. The highest BCUT2D eigenvalue weighted by Crippen LogP contribution is 2.19. The van der Waals surface area contributed by atoms with Crippen LogP contribution in [0.4, 0.5) is 0 Å². The van der Waals surface area contributed by atoms with Crippen LogP contribution in [0.5, 0.6) is 0 Å². The van der Waals surface area contributed by atoms with Crippen LogP contribution in [0.2, 0.25) is 0 Å². The molecule has 0 aliphatic carbocycles. The largest absolute Gasteiger partial charge is 0.481 e. The SMILES string of the molecule is CC(C(=O)O)c1ccc2[nH]c(=S)[nH]c2c1. The van der Waals surface area contributed by atoms with E-state index in [0.717, 1.165) is 16.6 Å². The Labute approximate surface area is 91.0 Å². The van der Waals surface area contributed by atoms with Gasteiger partial charge in [0.15, 0.2) is 4.77 Å². The molecule has 0 spiro atoms. The van der Waals surface area contributed by atoms with E-state index >= 15 is 0 Å². The zero-order chi connectivity index (χ0) is 11.0. The topological polar surface area (TPSA) is 68.9 Å². The molecule has 15 heavy (non-hydrogen) atoms. The summed E-state index contributed by atoms with van der Waals surface area (Å²) >= 11 is 4.95. The predicted octanol–water partition coefficient (Wildman–Crippen LogP) is 2.41. The van der Waals surface area contributed by atoms with E-state index in [1.165, 1.54) is 0 Å². The maximum atomic E-state index is 10.8. The van der Waals surface area contributed by atoms with Gasteiger partial charge in [0.2, 0.25) is 0 Å². The highest BCUT2D eigenvalue weighted by atomic mass is 32.1. The van der Waals surface area contributed by atoms with Crippen molar-refractivity contribution in [3.05, 3.63) is 28.5 Å². The first-order chi connectivity index (χ1) is 7.08. The Kier molecular flexibility index (Phi) is 2.32. The van der Waals surface area contributed by atoms with Gasteiger partial charge in [0.25, 0.3) is 0 Å². The van der Waals surface area contributed by atoms with Gasteiger partial charge in [-0.1, -0.05) is 6.07 Å². The second-order valence-corrected chi connectivity index (χ2v) is 3.85. The van der Waals surface area contributed by atoms with Crippen LogP contribution >= 0.6 is 12.2 Å². The molecule has 0 fully saturated rings. The van der Waals surface area contributed by atoms with Gasteiger partial charge in [-0.3, -0.25) is 4.79 Å². The molecule has 0 bridgehead atoms. The van der Waals surface area contributed by atoms with Crippen molar-refractivity contribution in [3.63, 3.8) is 0 Å². The lowest BCUT2D eigenvalue weighted by molar-refractivity contribution is -0.138. The molecule has 3 N–H and O–H groups in total. The van der Waals surface area contributed by atoms with Crippen molar-refractivity contribution in [2.45, 2.75) is 12.8 Å². The Morgan fingerprint density at radius 3 is 2.73 bits per heavy atom. The minimum atomic E-state index is -0.830. The van der Waals surface area contributed by atoms with Crippen LogP contribution in [-0.4, -0.2) is 21.0 Å². The molecule has 4 nitrogen and oxygen atoms in total. The van der Waals surface area contributed by atoms with Crippen molar-refractivity contribution < 1.29 is 9.90 Å². The summed E-state index contributed by atoms with van der Waals surface area (Å²) in [5.74, 6) is -1.34. The molecule has 0 aliphatic heterocycles. The van der Waals surface area contributed by atoms with Gasteiger partial charge >= 0.3 is 5.97 Å². The maximum Gasteiger partial charge on any atom is 0.310 e. The quantitative estimate of drug-likeness (QED) is 0.683. The molecule has 1 heterocycles. The van der Waals surface area contributed by atoms with Crippen molar-refractivity contribution in [2.75, 3.05) is 0 Å². The minimum absolute atomic E-state index is 0.508. The van der Waals surface area contributed by atoms with Crippen LogP contribution in [0.15, 0.2) is 18.2 Å². The first-order valence-corrected chi connectivity index (χ1v) is 4.93. The zero-order valence-electron chi connectivity index (χ0n) is 8.07. The average molecular weight is 222 g/mol. The molecule has 5 heteroatoms. The Morgan fingerprint density at radius 2 is 2.07 bits per heavy atom. The first-order valence-electron chi connectivity index (χ1n) is 4.52. The van der Waals surface area contributed by atoms with Crippen LogP contribution < -0.4 is 0 Å². The summed E-state index contributed by atoms with van der Waals surface area (Å²) in [6.45, 7) is 1.66. The number of aromatic amines is 2. The molecule has 0 radical (unpaired) electrons. The van der Waals surface area contributed by atoms with E-state index in [-0.39, 0.29) is 0 Å². The van der Waals surface area contributed by atoms with Crippen molar-refractivity contribution >= 4 is 29.2 Å². The molecule has 0 amide bonds. The number of carboxylic acid groups (broad SMARTS) is 1. The van der Waals surface area contributed by atoms with Crippen LogP contribution in [-0.2, 0) is 4.79 Å². The fourth-order valence-corrected chi connectivity index (χ4v) is 1.68. The summed E-state index contributed by atoms with van der Waals surface area (Å²) in [6.07, 6.45) is 0. The second kappa shape index (κ2) is 3.51. The number of hydrogen-bond donors (Lipinski definition) is 3. The normalized spacial score (nSPS) is 12.9. The van der Waals surface area contributed by atoms with Gasteiger partial charge in [0.1, 0.15) is 0 Å². The molecular formula is C10H10N2O2S. The monoisotopic (exact) mass is 222 g/mol. The number of rotatable bonds is 2. The fourth-order valence-electron chi connectivity index (χ4n) is 1.46. The number of carbonyl (C=O) groups is 1. The molecule has 2 rings (SSSR count). The van der Waals surface area contributed by atoms with Crippen LogP contribution in [0.1, 0.15) is 18.4 Å². The molecule has 1 aromatic carbocycles. The van der Waals surface area contributed by atoms with Gasteiger partial charge in [0.05, 0.1) is 17.0 Å². The number of nitrogens with one attached hydrogen (secondary N) is 2. The average Bonchev–Trinajstić information content (AvgIpc) is 2.55. The highest BCUT2D eigenvalue weighted by Gasteiger charge is 2.13. The van der Waals surface area contributed by atoms with E-state index in [1.807, 2.05) is 6.07 Å². The second-order valence-electron chi connectivity index (χ2n) is 3.44. The third kappa shape index (κ3) is 1.78. The van der Waals surface area contributed by atoms with E-state index in [2.05, 4.69) is 9.97 Å². The number of imidazole rings is 1. The van der Waals surface area contributed by atoms with Crippen LogP contribution in [0, 0.1) is 4.77 Å². The third-order valence-electron chi connectivity index (χ3n) is 2.41. The molecule has 78 valence electrons. The molecule has 1 aromatic heterocycles. The number of carboxylic acids is 1. The van der Waals surface area contributed by atoms with Gasteiger partial charge in [-0.2, -0.15) is 0 Å². The van der Waals surface area contributed by atoms with Gasteiger partial charge in [-0.05, 0) is 36.8 Å². The van der Waals surface area contributed by atoms with Crippen molar-refractivity contribution in [1.82, 2.24) is 9.97 Å². The molecule has 0 saturated carbocycles. The fraction of sp³-hybridized carbons (Fsp3) is 0.200. The minimum Gasteiger partial charge on any atom is -0.481 e. The predicted molar refractivity (Wildman–Crippen MR) is 59.5 cm³/mol. The van der Waals surface area contributed by atoms with E-state index < -0.39 is 11.9 Å². The Morgan fingerprint density at radius 1 is 1.40 bits per heavy atom.